The van der Waals surface area contributed by atoms with E-state index in [1.165, 1.54) is 0 Å². The molecule has 0 bridgehead atoms. The summed E-state index contributed by atoms with van der Waals surface area (Å²) in [6, 6.07) is 8.24. The minimum atomic E-state index is -1.07. The Kier molecular flexibility index (Phi) is 2.05. The molecule has 0 unspecified atom stereocenters. The van der Waals surface area contributed by atoms with E-state index in [1.807, 2.05) is 0 Å². The van der Waals surface area contributed by atoms with Gasteiger partial charge in [0.25, 0.3) is 0 Å². The monoisotopic (exact) mass is 207 g/mol. The predicted molar refractivity (Wildman–Crippen MR) is 44.1 cm³/mol. The molecule has 7 nitrogen and oxygen atoms in total. The van der Waals surface area contributed by atoms with Gasteiger partial charge in [0.15, 0.2) is 0 Å². The molecule has 0 spiro atoms. The van der Waals surface area contributed by atoms with Crippen LogP contribution in [0.4, 0.5) is 5.82 Å². The molecule has 0 radical (unpaired) electrons. The van der Waals surface area contributed by atoms with E-state index in [0.717, 1.165) is 4.68 Å². The molecule has 1 aromatic carbocycles. The number of nitro groups is 1. The van der Waals surface area contributed by atoms with E-state index in [-0.39, 0.29) is 0 Å². The molecule has 2 rings (SSSR count). The van der Waals surface area contributed by atoms with Crippen LogP contribution in [0.2, 0.25) is 0 Å². The topological polar surface area (TPSA) is 96.1 Å². The fraction of sp³-hybridized carbons (Fsp3) is 0. The van der Waals surface area contributed by atoms with Gasteiger partial charge in [-0.3, -0.25) is 10.1 Å². The van der Waals surface area contributed by atoms with Crippen LogP contribution in [0.5, 0.6) is 5.95 Å². The van der Waals surface area contributed by atoms with Crippen molar-refractivity contribution >= 4 is 5.82 Å². The zero-order valence-electron chi connectivity index (χ0n) is 7.36. The molecule has 0 saturated carbocycles. The lowest BCUT2D eigenvalue weighted by molar-refractivity contribution is -0.712. The highest BCUT2D eigenvalue weighted by atomic mass is 16.6. The SMILES string of the molecule is O=[N+]([O-])c1c([O-])on[n+]1-c1ccccc1. The van der Waals surface area contributed by atoms with Gasteiger partial charge in [-0.1, -0.05) is 18.2 Å². The summed E-state index contributed by atoms with van der Waals surface area (Å²) in [5.74, 6) is -1.77. The highest BCUT2D eigenvalue weighted by Gasteiger charge is 2.31. The van der Waals surface area contributed by atoms with E-state index < -0.39 is 16.7 Å². The van der Waals surface area contributed by atoms with Gasteiger partial charge in [-0.25, -0.2) is 0 Å². The van der Waals surface area contributed by atoms with Crippen molar-refractivity contribution in [2.24, 2.45) is 0 Å². The van der Waals surface area contributed by atoms with Gasteiger partial charge in [-0.15, -0.1) is 0 Å². The summed E-state index contributed by atoms with van der Waals surface area (Å²) in [4.78, 5) is 9.73. The van der Waals surface area contributed by atoms with Gasteiger partial charge in [0.05, 0.1) is 5.27 Å². The summed E-state index contributed by atoms with van der Waals surface area (Å²) in [6.45, 7) is 0. The van der Waals surface area contributed by atoms with Crippen LogP contribution in [0.25, 0.3) is 5.69 Å². The van der Waals surface area contributed by atoms with Crippen molar-refractivity contribution in [3.05, 3.63) is 40.4 Å². The van der Waals surface area contributed by atoms with E-state index in [0.29, 0.717) is 5.69 Å². The third-order valence-electron chi connectivity index (χ3n) is 1.76. The number of aromatic nitrogens is 2. The maximum absolute atomic E-state index is 11.0. The fourth-order valence-electron chi connectivity index (χ4n) is 1.13. The Morgan fingerprint density at radius 3 is 2.60 bits per heavy atom. The Hall–Kier alpha value is -2.44. The largest absolute Gasteiger partial charge is 0.557 e. The van der Waals surface area contributed by atoms with Crippen molar-refractivity contribution in [3.8, 4) is 11.6 Å². The molecular formula is C8H5N3O4. The minimum absolute atomic E-state index is 0.398. The summed E-state index contributed by atoms with van der Waals surface area (Å²) >= 11 is 0. The van der Waals surface area contributed by atoms with Crippen LogP contribution in [0.1, 0.15) is 0 Å². The number of rotatable bonds is 2. The highest BCUT2D eigenvalue weighted by molar-refractivity contribution is 5.26. The van der Waals surface area contributed by atoms with E-state index >= 15 is 0 Å². The van der Waals surface area contributed by atoms with Crippen molar-refractivity contribution < 1.29 is 19.2 Å². The van der Waals surface area contributed by atoms with Crippen molar-refractivity contribution in [1.29, 1.82) is 0 Å². The molecule has 2 aromatic rings. The average molecular weight is 207 g/mol. The van der Waals surface area contributed by atoms with Crippen LogP contribution < -0.4 is 9.79 Å². The average Bonchev–Trinajstić information content (AvgIpc) is 2.61. The maximum Gasteiger partial charge on any atom is 0.557 e. The Labute approximate surface area is 83.3 Å². The van der Waals surface area contributed by atoms with Crippen LogP contribution in [-0.4, -0.2) is 10.2 Å². The van der Waals surface area contributed by atoms with E-state index in [9.17, 15) is 15.2 Å². The molecule has 1 heterocycles. The molecule has 0 aliphatic heterocycles. The number of hydrogen-bond acceptors (Lipinski definition) is 5. The Morgan fingerprint density at radius 2 is 2.00 bits per heavy atom. The molecule has 0 saturated heterocycles. The molecule has 0 atom stereocenters. The van der Waals surface area contributed by atoms with E-state index in [4.69, 9.17) is 0 Å². The summed E-state index contributed by atoms with van der Waals surface area (Å²) < 4.78 is 5.08. The summed E-state index contributed by atoms with van der Waals surface area (Å²) in [7, 11) is 0. The second-order valence-electron chi connectivity index (χ2n) is 2.69. The first-order valence-corrected chi connectivity index (χ1v) is 3.99. The lowest BCUT2D eigenvalue weighted by atomic mass is 10.3. The van der Waals surface area contributed by atoms with Gasteiger partial charge in [0.1, 0.15) is 4.92 Å². The Balaban J connectivity index is 2.59. The van der Waals surface area contributed by atoms with Gasteiger partial charge in [0, 0.05) is 16.8 Å². The van der Waals surface area contributed by atoms with Crippen LogP contribution in [0, 0.1) is 10.1 Å². The fourth-order valence-corrected chi connectivity index (χ4v) is 1.13. The third-order valence-corrected chi connectivity index (χ3v) is 1.76. The van der Waals surface area contributed by atoms with Crippen molar-refractivity contribution in [2.75, 3.05) is 0 Å². The lowest BCUT2D eigenvalue weighted by Crippen LogP contribution is -2.35. The first-order valence-electron chi connectivity index (χ1n) is 3.99. The summed E-state index contributed by atoms with van der Waals surface area (Å²) in [6.07, 6.45) is 0. The zero-order valence-corrected chi connectivity index (χ0v) is 7.36. The number of nitrogens with zero attached hydrogens (tertiary/aromatic N) is 3. The molecule has 0 amide bonds. The molecule has 0 N–H and O–H groups in total. The molecule has 0 fully saturated rings. The maximum atomic E-state index is 11.0. The van der Waals surface area contributed by atoms with Crippen molar-refractivity contribution in [1.82, 2.24) is 5.27 Å². The first kappa shape index (κ1) is 9.13. The van der Waals surface area contributed by atoms with Crippen molar-refractivity contribution in [2.45, 2.75) is 0 Å². The second kappa shape index (κ2) is 3.37. The van der Waals surface area contributed by atoms with Gasteiger partial charge in [-0.2, -0.15) is 0 Å². The zero-order chi connectivity index (χ0) is 10.8. The standard InChI is InChI=1S/C8H5N3O4/c12-8-7(11(13)14)10(9-15-8)6-4-2-1-3-5-6/h1-5H. The third kappa shape index (κ3) is 1.50. The number of para-hydroxylation sites is 1. The smallest absolute Gasteiger partial charge is 0.534 e. The van der Waals surface area contributed by atoms with Gasteiger partial charge < -0.3 is 9.63 Å². The highest BCUT2D eigenvalue weighted by Crippen LogP contribution is 2.17. The first-order chi connectivity index (χ1) is 7.20. The molecule has 76 valence electrons. The van der Waals surface area contributed by atoms with Gasteiger partial charge >= 0.3 is 5.82 Å². The number of benzene rings is 1. The van der Waals surface area contributed by atoms with Crippen molar-refractivity contribution in [3.63, 3.8) is 0 Å². The lowest BCUT2D eigenvalue weighted by Gasteiger charge is -1.88. The van der Waals surface area contributed by atoms with Crippen LogP contribution >= 0.6 is 0 Å². The minimum Gasteiger partial charge on any atom is -0.534 e. The summed E-state index contributed by atoms with van der Waals surface area (Å²) in [5, 5.41) is 24.8. The Bertz CT molecular complexity index is 494. The quantitative estimate of drug-likeness (QED) is 0.390. The molecule has 0 aliphatic carbocycles. The predicted octanol–water partition coefficient (Wildman–Crippen LogP) is -0.0669. The van der Waals surface area contributed by atoms with E-state index in [1.54, 1.807) is 30.3 Å². The van der Waals surface area contributed by atoms with Crippen LogP contribution in [0.3, 0.4) is 0 Å². The second-order valence-corrected chi connectivity index (χ2v) is 2.69. The van der Waals surface area contributed by atoms with Crippen LogP contribution in [-0.2, 0) is 0 Å². The van der Waals surface area contributed by atoms with Gasteiger partial charge in [0.2, 0.25) is 11.6 Å². The molecule has 0 aliphatic rings. The van der Waals surface area contributed by atoms with Gasteiger partial charge in [-0.05, 0) is 0 Å². The molecule has 15 heavy (non-hydrogen) atoms. The van der Waals surface area contributed by atoms with Crippen LogP contribution in [0.15, 0.2) is 34.9 Å². The molecule has 1 aromatic heterocycles. The molecule has 7 heteroatoms. The summed E-state index contributed by atoms with van der Waals surface area (Å²) in [5.41, 5.74) is 0.398. The molecular weight excluding hydrogens is 202 g/mol. The van der Waals surface area contributed by atoms with E-state index in [2.05, 4.69) is 9.79 Å². The number of hydrogen-bond donors (Lipinski definition) is 0. The Morgan fingerprint density at radius 1 is 1.33 bits per heavy atom. The normalized spacial score (nSPS) is 10.1.